The van der Waals surface area contributed by atoms with Gasteiger partial charge < -0.3 is 10.1 Å². The second-order valence-electron chi connectivity index (χ2n) is 3.75. The van der Waals surface area contributed by atoms with Crippen LogP contribution in [0.1, 0.15) is 19.3 Å². The number of nitro groups is 1. The van der Waals surface area contributed by atoms with Crippen LogP contribution in [0.3, 0.4) is 0 Å². The van der Waals surface area contributed by atoms with Crippen LogP contribution in [0.5, 0.6) is 0 Å². The average Bonchev–Trinajstić information content (AvgIpc) is 2.34. The van der Waals surface area contributed by atoms with E-state index in [9.17, 15) is 10.1 Å². The molecule has 7 heteroatoms. The van der Waals surface area contributed by atoms with Crippen molar-refractivity contribution in [3.63, 3.8) is 0 Å². The molecule has 0 aliphatic carbocycles. The summed E-state index contributed by atoms with van der Waals surface area (Å²) in [6.07, 6.45) is 5.75. The number of rotatable bonds is 8. The van der Waals surface area contributed by atoms with Crippen molar-refractivity contribution in [3.8, 4) is 0 Å². The Labute approximate surface area is 114 Å². The van der Waals surface area contributed by atoms with E-state index in [-0.39, 0.29) is 5.69 Å². The number of unbranched alkanes of at least 4 members (excludes halogenated alkanes) is 2. The first kappa shape index (κ1) is 14.8. The predicted molar refractivity (Wildman–Crippen MR) is 72.8 cm³/mol. The lowest BCUT2D eigenvalue weighted by Crippen LogP contribution is -2.06. The summed E-state index contributed by atoms with van der Waals surface area (Å²) >= 11 is 3.26. The van der Waals surface area contributed by atoms with Crippen LogP contribution >= 0.6 is 15.9 Å². The van der Waals surface area contributed by atoms with E-state index >= 15 is 0 Å². The maximum atomic E-state index is 10.8. The average molecular weight is 318 g/mol. The minimum atomic E-state index is -0.439. The van der Waals surface area contributed by atoms with Crippen molar-refractivity contribution < 1.29 is 9.66 Å². The Morgan fingerprint density at radius 2 is 2.22 bits per heavy atom. The molecule has 1 N–H and O–H groups in total. The molecule has 0 aromatic carbocycles. The van der Waals surface area contributed by atoms with E-state index in [0.29, 0.717) is 16.7 Å². The van der Waals surface area contributed by atoms with Gasteiger partial charge in [-0.2, -0.15) is 0 Å². The molecule has 0 fully saturated rings. The van der Waals surface area contributed by atoms with E-state index in [4.69, 9.17) is 4.74 Å². The predicted octanol–water partition coefficient (Wildman–Crippen LogP) is 2.98. The van der Waals surface area contributed by atoms with Crippen molar-refractivity contribution in [2.45, 2.75) is 19.3 Å². The van der Waals surface area contributed by atoms with Crippen LogP contribution in [0.15, 0.2) is 16.9 Å². The van der Waals surface area contributed by atoms with Gasteiger partial charge >= 0.3 is 5.69 Å². The Morgan fingerprint density at radius 1 is 1.44 bits per heavy atom. The fraction of sp³-hybridized carbons (Fsp3) is 0.545. The number of methoxy groups -OCH3 is 1. The molecule has 18 heavy (non-hydrogen) atoms. The highest BCUT2D eigenvalue weighted by atomic mass is 79.9. The smallest absolute Gasteiger partial charge is 0.311 e. The molecule has 6 nitrogen and oxygen atoms in total. The van der Waals surface area contributed by atoms with E-state index in [0.717, 1.165) is 25.9 Å². The fourth-order valence-corrected chi connectivity index (χ4v) is 1.96. The molecular weight excluding hydrogens is 302 g/mol. The molecular formula is C11H16BrN3O3. The molecule has 0 saturated heterocycles. The van der Waals surface area contributed by atoms with Crippen LogP contribution < -0.4 is 5.32 Å². The van der Waals surface area contributed by atoms with Gasteiger partial charge in [0.15, 0.2) is 0 Å². The van der Waals surface area contributed by atoms with Gasteiger partial charge in [0, 0.05) is 26.5 Å². The van der Waals surface area contributed by atoms with Gasteiger partial charge in [0.05, 0.1) is 9.40 Å². The van der Waals surface area contributed by atoms with E-state index in [2.05, 4.69) is 26.2 Å². The van der Waals surface area contributed by atoms with Gasteiger partial charge in [-0.3, -0.25) is 15.1 Å². The molecule has 0 aliphatic rings. The van der Waals surface area contributed by atoms with E-state index < -0.39 is 4.92 Å². The zero-order valence-electron chi connectivity index (χ0n) is 10.2. The number of ether oxygens (including phenoxy) is 1. The molecule has 1 aromatic rings. The number of halogens is 1. The summed E-state index contributed by atoms with van der Waals surface area (Å²) in [4.78, 5) is 14.2. The molecule has 0 radical (unpaired) electrons. The van der Waals surface area contributed by atoms with Crippen molar-refractivity contribution in [2.75, 3.05) is 25.6 Å². The lowest BCUT2D eigenvalue weighted by atomic mass is 10.2. The van der Waals surface area contributed by atoms with Crippen molar-refractivity contribution in [3.05, 3.63) is 27.0 Å². The summed E-state index contributed by atoms with van der Waals surface area (Å²) < 4.78 is 5.56. The number of anilines is 1. The number of hydrogen-bond donors (Lipinski definition) is 1. The molecule has 1 aromatic heterocycles. The topological polar surface area (TPSA) is 77.3 Å². The van der Waals surface area contributed by atoms with Gasteiger partial charge in [0.1, 0.15) is 11.9 Å². The Bertz CT molecular complexity index is 401. The van der Waals surface area contributed by atoms with Gasteiger partial charge in [-0.1, -0.05) is 0 Å². The minimum absolute atomic E-state index is 0.0127. The molecule has 0 spiro atoms. The Hall–Kier alpha value is -1.21. The summed E-state index contributed by atoms with van der Waals surface area (Å²) in [5.74, 6) is 0. The van der Waals surface area contributed by atoms with Crippen LogP contribution in [0.25, 0.3) is 0 Å². The molecule has 1 heterocycles. The molecule has 0 bridgehead atoms. The third-order valence-corrected chi connectivity index (χ3v) is 3.00. The van der Waals surface area contributed by atoms with Gasteiger partial charge in [-0.25, -0.2) is 0 Å². The molecule has 0 aliphatic heterocycles. The number of nitrogens with one attached hydrogen (secondary N) is 1. The summed E-state index contributed by atoms with van der Waals surface area (Å²) in [5, 5.41) is 13.9. The molecule has 0 saturated carbocycles. The Kier molecular flexibility index (Phi) is 6.59. The van der Waals surface area contributed by atoms with Crippen molar-refractivity contribution >= 4 is 27.3 Å². The standard InChI is InChI=1S/C11H16BrN3O3/c1-18-6-4-2-3-5-14-11-9(12)7-13-8-10(11)15(16)17/h7-8H,2-6H2,1H3,(H,13,14). The Morgan fingerprint density at radius 3 is 2.89 bits per heavy atom. The van der Waals surface area contributed by atoms with E-state index in [1.807, 2.05) is 0 Å². The van der Waals surface area contributed by atoms with Crippen LogP contribution in [-0.2, 0) is 4.74 Å². The number of pyridine rings is 1. The third-order valence-electron chi connectivity index (χ3n) is 2.40. The summed E-state index contributed by atoms with van der Waals surface area (Å²) in [6, 6.07) is 0. The molecule has 1 rings (SSSR count). The second-order valence-corrected chi connectivity index (χ2v) is 4.61. The van der Waals surface area contributed by atoms with Crippen LogP contribution in [0, 0.1) is 10.1 Å². The number of hydrogen-bond acceptors (Lipinski definition) is 5. The van der Waals surface area contributed by atoms with Crippen LogP contribution in [-0.4, -0.2) is 30.2 Å². The summed E-state index contributed by atoms with van der Waals surface area (Å²) in [7, 11) is 1.68. The first-order chi connectivity index (χ1) is 8.66. The Balaban J connectivity index is 2.48. The number of nitrogens with zero attached hydrogens (tertiary/aromatic N) is 2. The zero-order chi connectivity index (χ0) is 13.4. The first-order valence-corrected chi connectivity index (χ1v) is 6.46. The molecule has 100 valence electrons. The van der Waals surface area contributed by atoms with Crippen molar-refractivity contribution in [1.82, 2.24) is 4.98 Å². The maximum Gasteiger partial charge on any atom is 0.311 e. The lowest BCUT2D eigenvalue weighted by Gasteiger charge is -2.08. The molecule has 0 amide bonds. The normalized spacial score (nSPS) is 10.3. The maximum absolute atomic E-state index is 10.8. The van der Waals surface area contributed by atoms with E-state index in [1.54, 1.807) is 13.3 Å². The van der Waals surface area contributed by atoms with Crippen molar-refractivity contribution in [2.24, 2.45) is 0 Å². The largest absolute Gasteiger partial charge is 0.385 e. The summed E-state index contributed by atoms with van der Waals surface area (Å²) in [5.41, 5.74) is 0.475. The zero-order valence-corrected chi connectivity index (χ0v) is 11.8. The quantitative estimate of drug-likeness (QED) is 0.453. The molecule has 0 atom stereocenters. The SMILES string of the molecule is COCCCCCNc1c(Br)cncc1[N+](=O)[O-]. The van der Waals surface area contributed by atoms with Crippen LogP contribution in [0.2, 0.25) is 0 Å². The van der Waals surface area contributed by atoms with E-state index in [1.165, 1.54) is 6.20 Å². The highest BCUT2D eigenvalue weighted by Crippen LogP contribution is 2.30. The number of aromatic nitrogens is 1. The van der Waals surface area contributed by atoms with Gasteiger partial charge in [-0.15, -0.1) is 0 Å². The monoisotopic (exact) mass is 317 g/mol. The van der Waals surface area contributed by atoms with Gasteiger partial charge in [0.2, 0.25) is 0 Å². The molecule has 0 unspecified atom stereocenters. The highest BCUT2D eigenvalue weighted by molar-refractivity contribution is 9.10. The van der Waals surface area contributed by atoms with Gasteiger partial charge in [0.25, 0.3) is 0 Å². The first-order valence-electron chi connectivity index (χ1n) is 5.67. The lowest BCUT2D eigenvalue weighted by molar-refractivity contribution is -0.384. The van der Waals surface area contributed by atoms with Crippen molar-refractivity contribution in [1.29, 1.82) is 0 Å². The third kappa shape index (κ3) is 4.58. The van der Waals surface area contributed by atoms with Crippen LogP contribution in [0.4, 0.5) is 11.4 Å². The van der Waals surface area contributed by atoms with Gasteiger partial charge in [-0.05, 0) is 35.2 Å². The fourth-order valence-electron chi connectivity index (χ4n) is 1.50. The minimum Gasteiger partial charge on any atom is -0.385 e. The second kappa shape index (κ2) is 7.99. The highest BCUT2D eigenvalue weighted by Gasteiger charge is 2.16. The summed E-state index contributed by atoms with van der Waals surface area (Å²) in [6.45, 7) is 1.44.